The van der Waals surface area contributed by atoms with Gasteiger partial charge in [0.15, 0.2) is 0 Å². The van der Waals surface area contributed by atoms with Crippen molar-refractivity contribution in [3.05, 3.63) is 29.8 Å². The molecule has 1 aliphatic heterocycles. The van der Waals surface area contributed by atoms with Gasteiger partial charge in [0.05, 0.1) is 0 Å². The van der Waals surface area contributed by atoms with E-state index in [4.69, 9.17) is 0 Å². The van der Waals surface area contributed by atoms with E-state index in [1.807, 2.05) is 69.2 Å². The number of hydrogen-bond acceptors (Lipinski definition) is 7. The molecule has 1 saturated heterocycles. The summed E-state index contributed by atoms with van der Waals surface area (Å²) in [6.45, 7) is 18.9. The van der Waals surface area contributed by atoms with Gasteiger partial charge in [-0.25, -0.2) is 0 Å². The Kier molecular flexibility index (Phi) is 17.6. The maximum atomic E-state index is 14.1. The molecule has 1 aromatic rings. The second-order valence-electron chi connectivity index (χ2n) is 15.7. The fourth-order valence-corrected chi connectivity index (χ4v) is 6.16. The van der Waals surface area contributed by atoms with Crippen LogP contribution in [0.4, 0.5) is 0 Å². The van der Waals surface area contributed by atoms with Crippen LogP contribution in [0.1, 0.15) is 107 Å². The standard InChI is InChI=1S/C39H64N6O7/c1-11-24(9)32-38(51)42-29(18-22(5)6)35(48)40-28(17-21(3)4)34(47)41-30(19-23(7)8)36(49)44-33(25(10)12-2)39(52)43-31(37(50)45-32)20-26-13-15-27(46)16-14-26/h13-16,21-25,28-33,46H,11-12,17-20H2,1-10H3,(H,40,48)(H,41,47)(H,42,51)(H,43,52)(H,44,49)(H,45,50). The summed E-state index contributed by atoms with van der Waals surface area (Å²) in [4.78, 5) is 83.9. The molecular weight excluding hydrogens is 664 g/mol. The third kappa shape index (κ3) is 13.8. The predicted molar refractivity (Wildman–Crippen MR) is 201 cm³/mol. The van der Waals surface area contributed by atoms with Crippen LogP contribution in [0.15, 0.2) is 24.3 Å². The molecule has 0 bridgehead atoms. The Hall–Kier alpha value is -4.16. The van der Waals surface area contributed by atoms with Gasteiger partial charge in [-0.05, 0) is 66.5 Å². The quantitative estimate of drug-likeness (QED) is 0.172. The highest BCUT2D eigenvalue weighted by molar-refractivity contribution is 5.98. The molecule has 13 heteroatoms. The zero-order valence-electron chi connectivity index (χ0n) is 32.8. The van der Waals surface area contributed by atoms with Crippen LogP contribution in [-0.2, 0) is 35.2 Å². The first-order valence-electron chi connectivity index (χ1n) is 19.0. The number of rotatable bonds is 12. The lowest BCUT2D eigenvalue weighted by Gasteiger charge is -2.32. The number of phenols is 1. The monoisotopic (exact) mass is 728 g/mol. The molecule has 2 rings (SSSR count). The molecule has 1 aliphatic rings. The Labute approximate surface area is 310 Å². The van der Waals surface area contributed by atoms with Gasteiger partial charge in [-0.3, -0.25) is 28.8 Å². The molecule has 0 spiro atoms. The Morgan fingerprint density at radius 2 is 0.788 bits per heavy atom. The largest absolute Gasteiger partial charge is 0.508 e. The molecular formula is C39H64N6O7. The molecule has 0 aromatic heterocycles. The molecule has 6 amide bonds. The Morgan fingerprint density at radius 1 is 0.481 bits per heavy atom. The lowest BCUT2D eigenvalue weighted by Crippen LogP contribution is -2.63. The van der Waals surface area contributed by atoms with Gasteiger partial charge >= 0.3 is 0 Å². The van der Waals surface area contributed by atoms with Crippen LogP contribution in [0.3, 0.4) is 0 Å². The van der Waals surface area contributed by atoms with E-state index in [0.29, 0.717) is 18.4 Å². The second kappa shape index (κ2) is 20.8. The van der Waals surface area contributed by atoms with Crippen molar-refractivity contribution in [2.75, 3.05) is 0 Å². The summed E-state index contributed by atoms with van der Waals surface area (Å²) >= 11 is 0. The van der Waals surface area contributed by atoms with Crippen LogP contribution in [0.5, 0.6) is 5.75 Å². The second-order valence-corrected chi connectivity index (χ2v) is 15.7. The molecule has 8 unspecified atom stereocenters. The van der Waals surface area contributed by atoms with E-state index in [1.54, 1.807) is 12.1 Å². The van der Waals surface area contributed by atoms with Crippen LogP contribution < -0.4 is 31.9 Å². The fourth-order valence-electron chi connectivity index (χ4n) is 6.16. The van der Waals surface area contributed by atoms with Crippen LogP contribution in [0, 0.1) is 29.6 Å². The van der Waals surface area contributed by atoms with E-state index in [0.717, 1.165) is 0 Å². The van der Waals surface area contributed by atoms with Crippen molar-refractivity contribution in [2.24, 2.45) is 29.6 Å². The Balaban J connectivity index is 2.73. The predicted octanol–water partition coefficient (Wildman–Crippen LogP) is 3.09. The highest BCUT2D eigenvalue weighted by Gasteiger charge is 2.37. The molecule has 8 atom stereocenters. The normalized spacial score (nSPS) is 25.6. The van der Waals surface area contributed by atoms with Gasteiger partial charge in [0, 0.05) is 6.42 Å². The van der Waals surface area contributed by atoms with Gasteiger partial charge in [-0.1, -0.05) is 94.2 Å². The summed E-state index contributed by atoms with van der Waals surface area (Å²) in [7, 11) is 0. The van der Waals surface area contributed by atoms with E-state index < -0.39 is 71.7 Å². The molecule has 52 heavy (non-hydrogen) atoms. The van der Waals surface area contributed by atoms with E-state index in [-0.39, 0.29) is 61.0 Å². The highest BCUT2D eigenvalue weighted by atomic mass is 16.3. The average Bonchev–Trinajstić information content (AvgIpc) is 3.07. The minimum absolute atomic E-state index is 0.00224. The van der Waals surface area contributed by atoms with Crippen LogP contribution in [0.25, 0.3) is 0 Å². The molecule has 0 saturated carbocycles. The van der Waals surface area contributed by atoms with E-state index >= 15 is 0 Å². The van der Waals surface area contributed by atoms with Gasteiger partial charge in [0.2, 0.25) is 35.4 Å². The molecule has 0 radical (unpaired) electrons. The SMILES string of the molecule is CCC(C)C1NC(=O)C(Cc2ccc(O)cc2)NC(=O)C(C(C)CC)NC(=O)C(CC(C)C)NC(=O)C(CC(C)C)NC(=O)C(CC(C)C)NC1=O. The Bertz CT molecular complexity index is 1350. The molecule has 0 aliphatic carbocycles. The first-order valence-corrected chi connectivity index (χ1v) is 19.0. The van der Waals surface area contributed by atoms with Gasteiger partial charge in [-0.2, -0.15) is 0 Å². The van der Waals surface area contributed by atoms with Crippen molar-refractivity contribution in [3.8, 4) is 5.75 Å². The van der Waals surface area contributed by atoms with Gasteiger partial charge in [0.25, 0.3) is 0 Å². The number of nitrogens with one attached hydrogen (secondary N) is 6. The molecule has 292 valence electrons. The summed E-state index contributed by atoms with van der Waals surface area (Å²) in [5.74, 6) is -4.11. The van der Waals surface area contributed by atoms with Crippen molar-refractivity contribution in [2.45, 2.75) is 144 Å². The molecule has 1 fully saturated rings. The van der Waals surface area contributed by atoms with E-state index in [9.17, 15) is 33.9 Å². The van der Waals surface area contributed by atoms with Crippen LogP contribution >= 0.6 is 0 Å². The molecule has 1 heterocycles. The minimum Gasteiger partial charge on any atom is -0.508 e. The third-order valence-corrected chi connectivity index (χ3v) is 9.62. The third-order valence-electron chi connectivity index (χ3n) is 9.62. The number of aromatic hydroxyl groups is 1. The topological polar surface area (TPSA) is 195 Å². The first-order chi connectivity index (χ1) is 24.4. The minimum atomic E-state index is -1.17. The van der Waals surface area contributed by atoms with Crippen LogP contribution in [-0.4, -0.2) is 76.8 Å². The van der Waals surface area contributed by atoms with Gasteiger partial charge in [-0.15, -0.1) is 0 Å². The highest BCUT2D eigenvalue weighted by Crippen LogP contribution is 2.17. The van der Waals surface area contributed by atoms with Crippen LogP contribution in [0.2, 0.25) is 0 Å². The number of carbonyl (C=O) groups is 6. The Morgan fingerprint density at radius 3 is 1.13 bits per heavy atom. The summed E-state index contributed by atoms with van der Waals surface area (Å²) in [6, 6.07) is -0.111. The van der Waals surface area contributed by atoms with Crippen molar-refractivity contribution in [3.63, 3.8) is 0 Å². The van der Waals surface area contributed by atoms with Crippen molar-refractivity contribution < 1.29 is 33.9 Å². The number of benzene rings is 1. The number of hydrogen-bond donors (Lipinski definition) is 7. The van der Waals surface area contributed by atoms with E-state index in [2.05, 4.69) is 31.9 Å². The summed E-state index contributed by atoms with van der Waals surface area (Å²) in [5.41, 5.74) is 0.637. The van der Waals surface area contributed by atoms with E-state index in [1.165, 1.54) is 12.1 Å². The summed E-state index contributed by atoms with van der Waals surface area (Å²) < 4.78 is 0. The van der Waals surface area contributed by atoms with Crippen molar-refractivity contribution in [1.29, 1.82) is 0 Å². The average molecular weight is 729 g/mol. The summed E-state index contributed by atoms with van der Waals surface area (Å²) in [6.07, 6.45) is 1.88. The smallest absolute Gasteiger partial charge is 0.243 e. The maximum absolute atomic E-state index is 14.1. The zero-order valence-corrected chi connectivity index (χ0v) is 32.8. The van der Waals surface area contributed by atoms with Gasteiger partial charge < -0.3 is 37.0 Å². The number of amides is 6. The number of carbonyl (C=O) groups excluding carboxylic acids is 6. The lowest BCUT2D eigenvalue weighted by atomic mass is 9.94. The molecule has 13 nitrogen and oxygen atoms in total. The fraction of sp³-hybridized carbons (Fsp3) is 0.692. The lowest BCUT2D eigenvalue weighted by molar-refractivity contribution is -0.138. The first kappa shape index (κ1) is 44.0. The zero-order chi connectivity index (χ0) is 39.3. The maximum Gasteiger partial charge on any atom is 0.243 e. The molecule has 7 N–H and O–H groups in total. The van der Waals surface area contributed by atoms with Crippen molar-refractivity contribution >= 4 is 35.4 Å². The van der Waals surface area contributed by atoms with Gasteiger partial charge in [0.1, 0.15) is 42.0 Å². The summed E-state index contributed by atoms with van der Waals surface area (Å²) in [5, 5.41) is 26.9. The molecule has 1 aromatic carbocycles. The van der Waals surface area contributed by atoms with Crippen molar-refractivity contribution in [1.82, 2.24) is 31.9 Å². The number of phenolic OH excluding ortho intramolecular Hbond substituents is 1.